The van der Waals surface area contributed by atoms with Crippen LogP contribution in [0.5, 0.6) is 5.75 Å². The molecule has 0 saturated carbocycles. The van der Waals surface area contributed by atoms with Gasteiger partial charge in [0.25, 0.3) is 0 Å². The Hall–Kier alpha value is -1.67. The van der Waals surface area contributed by atoms with E-state index in [0.29, 0.717) is 10.9 Å². The van der Waals surface area contributed by atoms with Crippen molar-refractivity contribution < 1.29 is 4.74 Å². The van der Waals surface area contributed by atoms with Crippen LogP contribution in [0.25, 0.3) is 0 Å². The molecule has 0 aliphatic carbocycles. The van der Waals surface area contributed by atoms with E-state index in [0.717, 1.165) is 24.4 Å². The molecule has 2 nitrogen and oxygen atoms in total. The van der Waals surface area contributed by atoms with Gasteiger partial charge in [0, 0.05) is 11.6 Å². The number of halogens is 1. The van der Waals surface area contributed by atoms with Gasteiger partial charge in [-0.2, -0.15) is 0 Å². The fourth-order valence-corrected chi connectivity index (χ4v) is 2.36. The van der Waals surface area contributed by atoms with Gasteiger partial charge in [-0.05, 0) is 36.1 Å². The summed E-state index contributed by atoms with van der Waals surface area (Å²) in [5.74, 6) is 1.34. The molecule has 0 bridgehead atoms. The second-order valence-corrected chi connectivity index (χ2v) is 5.31. The molecule has 1 atom stereocenters. The molecule has 3 heteroatoms. The van der Waals surface area contributed by atoms with Gasteiger partial charge in [0.2, 0.25) is 0 Å². The highest BCUT2D eigenvalue weighted by Gasteiger charge is 2.06. The molecule has 0 aliphatic heterocycles. The minimum Gasteiger partial charge on any atom is -0.495 e. The molecule has 20 heavy (non-hydrogen) atoms. The minimum atomic E-state index is 0.522. The Morgan fingerprint density at radius 1 is 1.15 bits per heavy atom. The van der Waals surface area contributed by atoms with Gasteiger partial charge in [0.05, 0.1) is 12.8 Å². The highest BCUT2D eigenvalue weighted by molar-refractivity contribution is 6.30. The largest absolute Gasteiger partial charge is 0.495 e. The summed E-state index contributed by atoms with van der Waals surface area (Å²) in [6.45, 7) is 3.12. The van der Waals surface area contributed by atoms with E-state index in [2.05, 4.69) is 36.5 Å². The Morgan fingerprint density at radius 2 is 1.90 bits per heavy atom. The lowest BCUT2D eigenvalue weighted by Crippen LogP contribution is -2.07. The van der Waals surface area contributed by atoms with Crippen LogP contribution < -0.4 is 10.1 Å². The van der Waals surface area contributed by atoms with E-state index < -0.39 is 0 Å². The lowest BCUT2D eigenvalue weighted by atomic mass is 9.98. The standard InChI is InChI=1S/C17H20ClNO/c1-13(14-6-4-3-5-7-14)10-11-19-16-12-15(18)8-9-17(16)20-2/h3-9,12-13,19H,10-11H2,1-2H3. The molecule has 0 fully saturated rings. The molecular weight excluding hydrogens is 270 g/mol. The van der Waals surface area contributed by atoms with Crippen LogP contribution >= 0.6 is 11.6 Å². The van der Waals surface area contributed by atoms with Crippen LogP contribution in [-0.2, 0) is 0 Å². The van der Waals surface area contributed by atoms with Crippen LogP contribution in [0, 0.1) is 0 Å². The maximum Gasteiger partial charge on any atom is 0.142 e. The average molecular weight is 290 g/mol. The summed E-state index contributed by atoms with van der Waals surface area (Å²) in [7, 11) is 1.67. The third-order valence-corrected chi connectivity index (χ3v) is 3.66. The van der Waals surface area contributed by atoms with E-state index in [1.807, 2.05) is 24.3 Å². The maximum atomic E-state index is 6.02. The third kappa shape index (κ3) is 3.91. The van der Waals surface area contributed by atoms with Crippen LogP contribution in [0.1, 0.15) is 24.8 Å². The molecule has 106 valence electrons. The van der Waals surface area contributed by atoms with Crippen LogP contribution in [0.15, 0.2) is 48.5 Å². The number of hydrogen-bond acceptors (Lipinski definition) is 2. The van der Waals surface area contributed by atoms with Gasteiger partial charge in [-0.15, -0.1) is 0 Å². The zero-order chi connectivity index (χ0) is 14.4. The van der Waals surface area contributed by atoms with Crippen molar-refractivity contribution in [2.45, 2.75) is 19.3 Å². The molecule has 1 N–H and O–H groups in total. The number of benzene rings is 2. The summed E-state index contributed by atoms with van der Waals surface area (Å²) in [6, 6.07) is 16.2. The zero-order valence-electron chi connectivity index (χ0n) is 11.9. The van der Waals surface area contributed by atoms with Crippen molar-refractivity contribution in [1.82, 2.24) is 0 Å². The fraction of sp³-hybridized carbons (Fsp3) is 0.294. The van der Waals surface area contributed by atoms with Crippen molar-refractivity contribution in [2.75, 3.05) is 19.0 Å². The number of nitrogens with one attached hydrogen (secondary N) is 1. The first-order valence-corrected chi connectivity index (χ1v) is 7.21. The van der Waals surface area contributed by atoms with Crippen molar-refractivity contribution in [1.29, 1.82) is 0 Å². The van der Waals surface area contributed by atoms with Gasteiger partial charge in [-0.3, -0.25) is 0 Å². The lowest BCUT2D eigenvalue weighted by molar-refractivity contribution is 0.416. The van der Waals surface area contributed by atoms with Gasteiger partial charge < -0.3 is 10.1 Å². The van der Waals surface area contributed by atoms with Crippen LogP contribution in [0.4, 0.5) is 5.69 Å². The van der Waals surface area contributed by atoms with Crippen LogP contribution in [0.2, 0.25) is 5.02 Å². The van der Waals surface area contributed by atoms with E-state index in [1.54, 1.807) is 7.11 Å². The summed E-state index contributed by atoms with van der Waals surface area (Å²) in [6.07, 6.45) is 1.06. The summed E-state index contributed by atoms with van der Waals surface area (Å²) in [4.78, 5) is 0. The van der Waals surface area contributed by atoms with Crippen LogP contribution in [-0.4, -0.2) is 13.7 Å². The van der Waals surface area contributed by atoms with Gasteiger partial charge in [-0.25, -0.2) is 0 Å². The predicted octanol–water partition coefficient (Wildman–Crippen LogP) is 4.95. The molecule has 2 aromatic carbocycles. The van der Waals surface area contributed by atoms with Gasteiger partial charge in [-0.1, -0.05) is 48.9 Å². The van der Waals surface area contributed by atoms with E-state index in [4.69, 9.17) is 16.3 Å². The number of methoxy groups -OCH3 is 1. The Balaban J connectivity index is 1.91. The molecular formula is C17H20ClNO. The van der Waals surface area contributed by atoms with E-state index >= 15 is 0 Å². The van der Waals surface area contributed by atoms with Gasteiger partial charge in [0.15, 0.2) is 0 Å². The first-order chi connectivity index (χ1) is 9.70. The van der Waals surface area contributed by atoms with Crippen molar-refractivity contribution in [3.63, 3.8) is 0 Å². The van der Waals surface area contributed by atoms with Crippen molar-refractivity contribution >= 4 is 17.3 Å². The fourth-order valence-electron chi connectivity index (χ4n) is 2.19. The third-order valence-electron chi connectivity index (χ3n) is 3.42. The molecule has 0 heterocycles. The van der Waals surface area contributed by atoms with Crippen molar-refractivity contribution in [2.24, 2.45) is 0 Å². The zero-order valence-corrected chi connectivity index (χ0v) is 12.7. The Morgan fingerprint density at radius 3 is 2.60 bits per heavy atom. The second kappa shape index (κ2) is 7.20. The van der Waals surface area contributed by atoms with Gasteiger partial charge in [0.1, 0.15) is 5.75 Å². The maximum absolute atomic E-state index is 6.02. The van der Waals surface area contributed by atoms with E-state index in [9.17, 15) is 0 Å². The molecule has 2 rings (SSSR count). The number of anilines is 1. The quantitative estimate of drug-likeness (QED) is 0.812. The molecule has 0 aromatic heterocycles. The SMILES string of the molecule is COc1ccc(Cl)cc1NCCC(C)c1ccccc1. The average Bonchev–Trinajstić information content (AvgIpc) is 2.48. The lowest BCUT2D eigenvalue weighted by Gasteiger charge is -2.15. The summed E-state index contributed by atoms with van der Waals surface area (Å²) >= 11 is 6.02. The number of ether oxygens (including phenoxy) is 1. The van der Waals surface area contributed by atoms with Crippen LogP contribution in [0.3, 0.4) is 0 Å². The molecule has 0 radical (unpaired) electrons. The molecule has 0 aliphatic rings. The molecule has 2 aromatic rings. The summed E-state index contributed by atoms with van der Waals surface area (Å²) < 4.78 is 5.32. The molecule has 1 unspecified atom stereocenters. The molecule has 0 amide bonds. The van der Waals surface area contributed by atoms with Crippen molar-refractivity contribution in [3.8, 4) is 5.75 Å². The van der Waals surface area contributed by atoms with E-state index in [1.165, 1.54) is 5.56 Å². The predicted molar refractivity (Wildman–Crippen MR) is 86.0 cm³/mol. The van der Waals surface area contributed by atoms with Crippen molar-refractivity contribution in [3.05, 3.63) is 59.1 Å². The number of hydrogen-bond donors (Lipinski definition) is 1. The Bertz CT molecular complexity index is 542. The Kier molecular flexibility index (Phi) is 5.31. The highest BCUT2D eigenvalue weighted by atomic mass is 35.5. The van der Waals surface area contributed by atoms with Gasteiger partial charge >= 0.3 is 0 Å². The van der Waals surface area contributed by atoms with E-state index in [-0.39, 0.29) is 0 Å². The Labute approximate surface area is 125 Å². The summed E-state index contributed by atoms with van der Waals surface area (Å²) in [5.41, 5.74) is 2.31. The first-order valence-electron chi connectivity index (χ1n) is 6.83. The monoisotopic (exact) mass is 289 g/mol. The molecule has 0 spiro atoms. The number of rotatable bonds is 6. The smallest absolute Gasteiger partial charge is 0.142 e. The topological polar surface area (TPSA) is 21.3 Å². The second-order valence-electron chi connectivity index (χ2n) is 4.87. The molecule has 0 saturated heterocycles. The minimum absolute atomic E-state index is 0.522. The normalized spacial score (nSPS) is 11.9. The summed E-state index contributed by atoms with van der Waals surface area (Å²) in [5, 5.41) is 4.11. The highest BCUT2D eigenvalue weighted by Crippen LogP contribution is 2.28. The first kappa shape index (κ1) is 14.7.